The lowest BCUT2D eigenvalue weighted by Gasteiger charge is -2.48. The average Bonchev–Trinajstić information content (AvgIpc) is 3.29. The van der Waals surface area contributed by atoms with Gasteiger partial charge in [0.2, 0.25) is 5.91 Å². The normalized spacial score (nSPS) is 20.8. The quantitative estimate of drug-likeness (QED) is 0.717. The smallest absolute Gasteiger partial charge is 0.239 e. The molecular formula is C24H33ClN4O. The topological polar surface area (TPSA) is 75.0 Å². The highest BCUT2D eigenvalue weighted by Gasteiger charge is 2.43. The molecule has 1 aliphatic carbocycles. The molecule has 1 amide bonds. The summed E-state index contributed by atoms with van der Waals surface area (Å²) in [7, 11) is 0. The number of imidazole rings is 1. The van der Waals surface area contributed by atoms with E-state index in [0.717, 1.165) is 43.8 Å². The van der Waals surface area contributed by atoms with Crippen molar-refractivity contribution < 1.29 is 4.79 Å². The van der Waals surface area contributed by atoms with Gasteiger partial charge in [0.1, 0.15) is 0 Å². The first-order valence-electron chi connectivity index (χ1n) is 11.3. The van der Waals surface area contributed by atoms with Gasteiger partial charge in [-0.15, -0.1) is 0 Å². The molecule has 1 saturated carbocycles. The summed E-state index contributed by atoms with van der Waals surface area (Å²) >= 11 is 5.96. The van der Waals surface area contributed by atoms with Crippen LogP contribution in [0, 0.1) is 11.3 Å². The molecule has 2 aliphatic rings. The third kappa shape index (κ3) is 4.89. The Bertz CT molecular complexity index is 806. The van der Waals surface area contributed by atoms with Gasteiger partial charge in [-0.05, 0) is 67.6 Å². The molecule has 0 spiro atoms. The Balaban J connectivity index is 1.40. The highest BCUT2D eigenvalue weighted by atomic mass is 35.5. The molecule has 1 saturated heterocycles. The zero-order valence-corrected chi connectivity index (χ0v) is 18.4. The largest absolute Gasteiger partial charge is 0.348 e. The maximum absolute atomic E-state index is 13.0. The maximum atomic E-state index is 13.0. The zero-order valence-electron chi connectivity index (χ0n) is 17.7. The third-order valence-corrected chi connectivity index (χ3v) is 7.58. The van der Waals surface area contributed by atoms with Gasteiger partial charge in [0, 0.05) is 30.0 Å². The molecule has 1 unspecified atom stereocenters. The number of carbonyl (C=O) groups excluding carboxylic acids is 1. The van der Waals surface area contributed by atoms with E-state index in [9.17, 15) is 4.79 Å². The minimum atomic E-state index is -0.499. The Hall–Kier alpha value is -1.85. The van der Waals surface area contributed by atoms with E-state index in [1.54, 1.807) is 6.33 Å². The van der Waals surface area contributed by atoms with Gasteiger partial charge in [-0.3, -0.25) is 4.79 Å². The summed E-state index contributed by atoms with van der Waals surface area (Å²) in [6.07, 6.45) is 14.1. The Labute approximate surface area is 184 Å². The van der Waals surface area contributed by atoms with Crippen molar-refractivity contribution in [2.24, 2.45) is 17.1 Å². The number of piperidine rings is 1. The Morgan fingerprint density at radius 2 is 1.90 bits per heavy atom. The fourth-order valence-corrected chi connectivity index (χ4v) is 5.70. The van der Waals surface area contributed by atoms with Gasteiger partial charge in [0.05, 0.1) is 12.4 Å². The zero-order chi connectivity index (χ0) is 21.0. The molecule has 3 N–H and O–H groups in total. The predicted molar refractivity (Wildman–Crippen MR) is 120 cm³/mol. The van der Waals surface area contributed by atoms with Crippen LogP contribution in [0.1, 0.15) is 56.2 Å². The Morgan fingerprint density at radius 1 is 1.20 bits per heavy atom. The van der Waals surface area contributed by atoms with Crippen LogP contribution in [0.3, 0.4) is 0 Å². The van der Waals surface area contributed by atoms with E-state index in [2.05, 4.69) is 9.97 Å². The van der Waals surface area contributed by atoms with Gasteiger partial charge in [-0.2, -0.15) is 0 Å². The van der Waals surface area contributed by atoms with Gasteiger partial charge in [0.15, 0.2) is 0 Å². The first-order chi connectivity index (χ1) is 14.6. The van der Waals surface area contributed by atoms with E-state index in [-0.39, 0.29) is 11.3 Å². The van der Waals surface area contributed by atoms with Crippen LogP contribution in [0.25, 0.3) is 0 Å². The maximum Gasteiger partial charge on any atom is 0.239 e. The van der Waals surface area contributed by atoms with Crippen molar-refractivity contribution in [2.45, 2.75) is 63.8 Å². The third-order valence-electron chi connectivity index (χ3n) is 7.33. The summed E-state index contributed by atoms with van der Waals surface area (Å²) in [4.78, 5) is 22.6. The van der Waals surface area contributed by atoms with E-state index in [4.69, 9.17) is 17.3 Å². The second-order valence-corrected chi connectivity index (χ2v) is 9.65. The van der Waals surface area contributed by atoms with Crippen molar-refractivity contribution >= 4 is 17.5 Å². The van der Waals surface area contributed by atoms with Crippen molar-refractivity contribution in [1.29, 1.82) is 0 Å². The molecule has 5 nitrogen and oxygen atoms in total. The van der Waals surface area contributed by atoms with Crippen LogP contribution in [-0.2, 0) is 17.6 Å². The van der Waals surface area contributed by atoms with E-state index >= 15 is 0 Å². The number of amides is 1. The molecule has 1 aromatic carbocycles. The second kappa shape index (κ2) is 9.52. The van der Waals surface area contributed by atoms with E-state index in [1.807, 2.05) is 35.4 Å². The number of halogens is 1. The van der Waals surface area contributed by atoms with Gasteiger partial charge in [-0.25, -0.2) is 4.98 Å². The fourth-order valence-electron chi connectivity index (χ4n) is 5.57. The second-order valence-electron chi connectivity index (χ2n) is 9.21. The summed E-state index contributed by atoms with van der Waals surface area (Å²) in [5.41, 5.74) is 8.84. The number of nitrogens with one attached hydrogen (secondary N) is 1. The van der Waals surface area contributed by atoms with Crippen LogP contribution in [0.5, 0.6) is 0 Å². The van der Waals surface area contributed by atoms with Crippen molar-refractivity contribution in [3.8, 4) is 0 Å². The number of carbonyl (C=O) groups is 1. The highest BCUT2D eigenvalue weighted by molar-refractivity contribution is 6.30. The number of nitrogens with zero attached hydrogens (tertiary/aromatic N) is 2. The van der Waals surface area contributed by atoms with E-state index in [0.29, 0.717) is 11.4 Å². The van der Waals surface area contributed by atoms with E-state index < -0.39 is 6.04 Å². The molecule has 1 aliphatic heterocycles. The fraction of sp³-hybridized carbons (Fsp3) is 0.583. The lowest BCUT2D eigenvalue weighted by atomic mass is 9.61. The van der Waals surface area contributed by atoms with Gasteiger partial charge in [-0.1, -0.05) is 43.0 Å². The monoisotopic (exact) mass is 428 g/mol. The number of benzene rings is 1. The predicted octanol–water partition coefficient (Wildman–Crippen LogP) is 4.36. The van der Waals surface area contributed by atoms with Crippen molar-refractivity contribution in [3.63, 3.8) is 0 Å². The summed E-state index contributed by atoms with van der Waals surface area (Å²) in [5.74, 6) is 0.818. The standard InChI is InChI=1S/C24H33ClN4O/c25-20-8-6-18(7-9-20)14-22(26)23(30)29-12-10-24(11-13-29,15-21-16-27-17-28-21)19-4-2-1-3-5-19/h6-9,16-17,19,22H,1-5,10-15,26H2,(H,27,28). The molecule has 1 aromatic heterocycles. The lowest BCUT2D eigenvalue weighted by molar-refractivity contribution is -0.135. The van der Waals surface area contributed by atoms with Crippen molar-refractivity contribution in [3.05, 3.63) is 53.1 Å². The number of hydrogen-bond acceptors (Lipinski definition) is 3. The summed E-state index contributed by atoms with van der Waals surface area (Å²) in [6.45, 7) is 1.61. The van der Waals surface area contributed by atoms with Crippen LogP contribution in [-0.4, -0.2) is 39.9 Å². The van der Waals surface area contributed by atoms with Crippen LogP contribution in [0.4, 0.5) is 0 Å². The number of hydrogen-bond donors (Lipinski definition) is 2. The first kappa shape index (κ1) is 21.4. The molecule has 4 rings (SSSR count). The van der Waals surface area contributed by atoms with Crippen molar-refractivity contribution in [1.82, 2.24) is 14.9 Å². The SMILES string of the molecule is NC(Cc1ccc(Cl)cc1)C(=O)N1CCC(Cc2cnc[nH]2)(C2CCCCC2)CC1. The number of aromatic nitrogens is 2. The van der Waals surface area contributed by atoms with Crippen LogP contribution in [0.2, 0.25) is 5.02 Å². The first-order valence-corrected chi connectivity index (χ1v) is 11.7. The molecule has 6 heteroatoms. The number of rotatable bonds is 6. The number of aromatic amines is 1. The number of likely N-dealkylation sites (tertiary alicyclic amines) is 1. The van der Waals surface area contributed by atoms with Crippen molar-refractivity contribution in [2.75, 3.05) is 13.1 Å². The van der Waals surface area contributed by atoms with Gasteiger partial charge < -0.3 is 15.6 Å². The molecule has 0 radical (unpaired) electrons. The molecule has 162 valence electrons. The molecule has 30 heavy (non-hydrogen) atoms. The summed E-state index contributed by atoms with van der Waals surface area (Å²) < 4.78 is 0. The average molecular weight is 429 g/mol. The molecular weight excluding hydrogens is 396 g/mol. The summed E-state index contributed by atoms with van der Waals surface area (Å²) in [6, 6.07) is 7.10. The number of H-pyrrole nitrogens is 1. The molecule has 2 heterocycles. The van der Waals surface area contributed by atoms with Gasteiger partial charge in [0.25, 0.3) is 0 Å². The molecule has 2 aromatic rings. The van der Waals surface area contributed by atoms with Gasteiger partial charge >= 0.3 is 0 Å². The minimum absolute atomic E-state index is 0.0729. The Morgan fingerprint density at radius 3 is 2.53 bits per heavy atom. The highest BCUT2D eigenvalue weighted by Crippen LogP contribution is 2.47. The van der Waals surface area contributed by atoms with Crippen LogP contribution < -0.4 is 5.73 Å². The van der Waals surface area contributed by atoms with E-state index in [1.165, 1.54) is 37.8 Å². The summed E-state index contributed by atoms with van der Waals surface area (Å²) in [5, 5.41) is 0.700. The molecule has 0 bridgehead atoms. The van der Waals surface area contributed by atoms with Crippen LogP contribution in [0.15, 0.2) is 36.8 Å². The number of nitrogens with two attached hydrogens (primary N) is 1. The molecule has 2 fully saturated rings. The lowest BCUT2D eigenvalue weighted by Crippen LogP contribution is -2.52. The Kier molecular flexibility index (Phi) is 6.79. The minimum Gasteiger partial charge on any atom is -0.348 e. The van der Waals surface area contributed by atoms with Crippen LogP contribution >= 0.6 is 11.6 Å². The molecule has 1 atom stereocenters.